The normalized spacial score (nSPS) is 16.2. The van der Waals surface area contributed by atoms with Gasteiger partial charge >= 0.3 is 6.09 Å². The van der Waals surface area contributed by atoms with Crippen molar-refractivity contribution in [3.63, 3.8) is 0 Å². The first-order chi connectivity index (χ1) is 12.9. The number of amides is 1. The number of alkyl carbamates (subject to hydrolysis) is 1. The van der Waals surface area contributed by atoms with Crippen LogP contribution in [0.15, 0.2) is 24.7 Å². The van der Waals surface area contributed by atoms with Crippen LogP contribution in [-0.2, 0) is 11.3 Å². The van der Waals surface area contributed by atoms with Gasteiger partial charge in [-0.1, -0.05) is 0 Å². The monoisotopic (exact) mass is 377 g/mol. The predicted molar refractivity (Wildman–Crippen MR) is 92.2 cm³/mol. The fourth-order valence-electron chi connectivity index (χ4n) is 2.59. The molecule has 0 aromatic carbocycles. The summed E-state index contributed by atoms with van der Waals surface area (Å²) < 4.78 is 32.7. The van der Waals surface area contributed by atoms with Crippen LogP contribution >= 0.6 is 0 Å². The van der Waals surface area contributed by atoms with Crippen LogP contribution in [0.5, 0.6) is 0 Å². The number of hydrogen-bond acceptors (Lipinski definition) is 7. The molecule has 9 nitrogen and oxygen atoms in total. The van der Waals surface area contributed by atoms with Crippen LogP contribution in [-0.4, -0.2) is 46.3 Å². The van der Waals surface area contributed by atoms with Gasteiger partial charge in [-0.15, -0.1) is 0 Å². The van der Waals surface area contributed by atoms with E-state index in [9.17, 15) is 13.6 Å². The minimum absolute atomic E-state index is 0.000541. The van der Waals surface area contributed by atoms with Crippen molar-refractivity contribution in [1.82, 2.24) is 20.3 Å². The zero-order valence-corrected chi connectivity index (χ0v) is 14.2. The van der Waals surface area contributed by atoms with Crippen molar-refractivity contribution < 1.29 is 18.3 Å². The molecule has 4 N–H and O–H groups in total. The number of pyridine rings is 1. The van der Waals surface area contributed by atoms with Crippen LogP contribution in [0.2, 0.25) is 0 Å². The maximum Gasteiger partial charge on any atom is 0.414 e. The fourth-order valence-corrected chi connectivity index (χ4v) is 2.59. The second kappa shape index (κ2) is 7.89. The molecule has 2 aromatic rings. The van der Waals surface area contributed by atoms with Crippen molar-refractivity contribution in [3.8, 4) is 11.3 Å². The first-order valence-corrected chi connectivity index (χ1v) is 8.06. The van der Waals surface area contributed by atoms with Gasteiger partial charge in [0.1, 0.15) is 18.5 Å². The number of rotatable bonds is 4. The lowest BCUT2D eigenvalue weighted by atomic mass is 10.1. The summed E-state index contributed by atoms with van der Waals surface area (Å²) in [4.78, 5) is 25.4. The van der Waals surface area contributed by atoms with Gasteiger partial charge in [0.15, 0.2) is 11.8 Å². The van der Waals surface area contributed by atoms with E-state index in [2.05, 4.69) is 15.0 Å². The minimum atomic E-state index is -0.968. The summed E-state index contributed by atoms with van der Waals surface area (Å²) in [6.45, 7) is 0.397. The number of ether oxygens (including phenoxy) is 1. The van der Waals surface area contributed by atoms with Crippen molar-refractivity contribution >= 4 is 18.0 Å². The van der Waals surface area contributed by atoms with Crippen LogP contribution in [0.4, 0.5) is 19.5 Å². The van der Waals surface area contributed by atoms with Crippen molar-refractivity contribution in [1.29, 1.82) is 5.41 Å². The van der Waals surface area contributed by atoms with Crippen molar-refractivity contribution in [2.24, 2.45) is 5.73 Å². The molecule has 1 amide bonds. The molecule has 0 saturated carbocycles. The molecule has 1 fully saturated rings. The summed E-state index contributed by atoms with van der Waals surface area (Å²) in [6, 6.07) is 1.36. The fraction of sp³-hybridized carbons (Fsp3) is 0.312. The number of nitrogens with one attached hydrogen (secondary N) is 2. The maximum atomic E-state index is 14.7. The molecular formula is C16H17F2N7O2. The molecule has 3 rings (SSSR count). The Kier molecular flexibility index (Phi) is 5.38. The third-order valence-corrected chi connectivity index (χ3v) is 3.89. The standard InChI is InChI=1S/C16H17F2N7O2/c17-11-2-4-25(7-11)15-22-5-10(6-23-15)13-12(18)9(1-3-21-13)8-27-16(26)24-14(19)20/h1,3,5-6,11H,2,4,7-8H2,(H4,19,20,24,26). The second-order valence-corrected chi connectivity index (χ2v) is 5.85. The Morgan fingerprint density at radius 1 is 1.41 bits per heavy atom. The number of carbonyl (C=O) groups excluding carboxylic acids is 1. The average Bonchev–Trinajstić information content (AvgIpc) is 3.07. The molecule has 1 atom stereocenters. The molecule has 0 spiro atoms. The molecule has 11 heteroatoms. The molecule has 1 aliphatic rings. The Labute approximate surface area is 153 Å². The lowest BCUT2D eigenvalue weighted by Crippen LogP contribution is -2.36. The molecule has 2 aromatic heterocycles. The van der Waals surface area contributed by atoms with E-state index in [1.807, 2.05) is 5.32 Å². The lowest BCUT2D eigenvalue weighted by Gasteiger charge is -2.15. The summed E-state index contributed by atoms with van der Waals surface area (Å²) in [5.74, 6) is -0.889. The van der Waals surface area contributed by atoms with Crippen molar-refractivity contribution in [2.75, 3.05) is 18.0 Å². The molecule has 3 heterocycles. The Balaban J connectivity index is 1.73. The predicted octanol–water partition coefficient (Wildman–Crippen LogP) is 1.35. The van der Waals surface area contributed by atoms with Gasteiger partial charge in [-0.3, -0.25) is 15.7 Å². The van der Waals surface area contributed by atoms with Crippen LogP contribution in [0.3, 0.4) is 0 Å². The van der Waals surface area contributed by atoms with Gasteiger partial charge in [0.05, 0.1) is 6.54 Å². The summed E-state index contributed by atoms with van der Waals surface area (Å²) >= 11 is 0. The largest absolute Gasteiger partial charge is 0.444 e. The highest BCUT2D eigenvalue weighted by molar-refractivity contribution is 5.90. The number of hydrogen-bond donors (Lipinski definition) is 3. The summed E-state index contributed by atoms with van der Waals surface area (Å²) in [7, 11) is 0. The molecule has 0 bridgehead atoms. The third-order valence-electron chi connectivity index (χ3n) is 3.89. The molecule has 142 valence electrons. The SMILES string of the molecule is N=C(N)NC(=O)OCc1ccnc(-c2cnc(N3CCC(F)C3)nc2)c1F. The van der Waals surface area contributed by atoms with Gasteiger partial charge in [-0.25, -0.2) is 23.5 Å². The number of aromatic nitrogens is 3. The van der Waals surface area contributed by atoms with Crippen molar-refractivity contribution in [3.05, 3.63) is 36.0 Å². The first kappa shape index (κ1) is 18.4. The maximum absolute atomic E-state index is 14.7. The smallest absolute Gasteiger partial charge is 0.414 e. The van der Waals surface area contributed by atoms with Gasteiger partial charge < -0.3 is 15.4 Å². The van der Waals surface area contributed by atoms with Gasteiger partial charge in [0.25, 0.3) is 0 Å². The summed E-state index contributed by atoms with van der Waals surface area (Å²) in [6.07, 6.45) is 2.75. The third kappa shape index (κ3) is 4.43. The number of halogens is 2. The zero-order valence-electron chi connectivity index (χ0n) is 14.2. The molecule has 1 unspecified atom stereocenters. The van der Waals surface area contributed by atoms with Crippen molar-refractivity contribution in [2.45, 2.75) is 19.2 Å². The van der Waals surface area contributed by atoms with Gasteiger partial charge in [-0.05, 0) is 12.5 Å². The van der Waals surface area contributed by atoms with Crippen LogP contribution < -0.4 is 16.0 Å². The van der Waals surface area contributed by atoms with Gasteiger partial charge in [0.2, 0.25) is 5.95 Å². The number of nitrogens with zero attached hydrogens (tertiary/aromatic N) is 4. The number of anilines is 1. The van der Waals surface area contributed by atoms with E-state index >= 15 is 0 Å². The topological polar surface area (TPSA) is 130 Å². The molecule has 0 aliphatic carbocycles. The number of alkyl halides is 1. The number of guanidine groups is 1. The Bertz CT molecular complexity index is 847. The molecule has 27 heavy (non-hydrogen) atoms. The van der Waals surface area contributed by atoms with E-state index < -0.39 is 24.0 Å². The first-order valence-electron chi connectivity index (χ1n) is 8.06. The summed E-state index contributed by atoms with van der Waals surface area (Å²) in [5.41, 5.74) is 5.43. The van der Waals surface area contributed by atoms with E-state index in [-0.39, 0.29) is 24.4 Å². The number of nitrogens with two attached hydrogens (primary N) is 1. The second-order valence-electron chi connectivity index (χ2n) is 5.85. The lowest BCUT2D eigenvalue weighted by molar-refractivity contribution is 0.143. The Morgan fingerprint density at radius 2 is 2.15 bits per heavy atom. The summed E-state index contributed by atoms with van der Waals surface area (Å²) in [5, 5.41) is 8.86. The van der Waals surface area contributed by atoms with Crippen LogP contribution in [0, 0.1) is 11.2 Å². The molecule has 1 aliphatic heterocycles. The Hall–Kier alpha value is -3.37. The highest BCUT2D eigenvalue weighted by atomic mass is 19.1. The van der Waals surface area contributed by atoms with E-state index in [4.69, 9.17) is 15.9 Å². The van der Waals surface area contributed by atoms with E-state index in [1.54, 1.807) is 4.90 Å². The van der Waals surface area contributed by atoms with Crippen LogP contribution in [0.25, 0.3) is 11.3 Å². The average molecular weight is 377 g/mol. The number of carbonyl (C=O) groups is 1. The van der Waals surface area contributed by atoms with E-state index in [0.29, 0.717) is 24.5 Å². The Morgan fingerprint density at radius 3 is 2.78 bits per heavy atom. The van der Waals surface area contributed by atoms with E-state index in [1.165, 1.54) is 24.7 Å². The zero-order chi connectivity index (χ0) is 19.4. The van der Waals surface area contributed by atoms with Crippen LogP contribution in [0.1, 0.15) is 12.0 Å². The van der Waals surface area contributed by atoms with Gasteiger partial charge in [-0.2, -0.15) is 0 Å². The van der Waals surface area contributed by atoms with Gasteiger partial charge in [0, 0.05) is 36.3 Å². The molecule has 1 saturated heterocycles. The quantitative estimate of drug-likeness (QED) is 0.541. The molecular weight excluding hydrogens is 360 g/mol. The highest BCUT2D eigenvalue weighted by Gasteiger charge is 2.24. The molecule has 0 radical (unpaired) electrons. The van der Waals surface area contributed by atoms with E-state index in [0.717, 1.165) is 0 Å². The minimum Gasteiger partial charge on any atom is -0.444 e. The highest BCUT2D eigenvalue weighted by Crippen LogP contribution is 2.24.